The van der Waals surface area contributed by atoms with Crippen LogP contribution in [-0.2, 0) is 10.0 Å². The summed E-state index contributed by atoms with van der Waals surface area (Å²) in [5.74, 6) is 1.65. The van der Waals surface area contributed by atoms with Crippen LogP contribution in [0.2, 0.25) is 0 Å². The molecule has 1 N–H and O–H groups in total. The molecule has 26 heavy (non-hydrogen) atoms. The van der Waals surface area contributed by atoms with E-state index in [9.17, 15) is 8.42 Å². The molecule has 0 amide bonds. The van der Waals surface area contributed by atoms with E-state index in [1.165, 1.54) is 23.1 Å². The summed E-state index contributed by atoms with van der Waals surface area (Å²) in [6.45, 7) is 5.70. The highest BCUT2D eigenvalue weighted by molar-refractivity contribution is 8.01. The summed E-state index contributed by atoms with van der Waals surface area (Å²) in [6.07, 6.45) is 1.59. The van der Waals surface area contributed by atoms with Crippen LogP contribution in [0.25, 0.3) is 11.3 Å². The van der Waals surface area contributed by atoms with E-state index < -0.39 is 10.0 Å². The summed E-state index contributed by atoms with van der Waals surface area (Å²) < 4.78 is 34.3. The molecule has 0 saturated carbocycles. The summed E-state index contributed by atoms with van der Waals surface area (Å²) >= 11 is 2.97. The first-order valence-corrected chi connectivity index (χ1v) is 11.1. The molecule has 2 aromatic heterocycles. The van der Waals surface area contributed by atoms with Crippen molar-refractivity contribution in [2.75, 3.05) is 12.3 Å². The molecule has 0 bridgehead atoms. The Morgan fingerprint density at radius 2 is 2.04 bits per heavy atom. The van der Waals surface area contributed by atoms with Crippen LogP contribution in [0, 0.1) is 20.8 Å². The van der Waals surface area contributed by atoms with E-state index in [1.807, 2.05) is 13.0 Å². The number of aryl methyl sites for hydroxylation is 3. The van der Waals surface area contributed by atoms with Gasteiger partial charge < -0.3 is 4.42 Å². The van der Waals surface area contributed by atoms with Gasteiger partial charge in [-0.25, -0.2) is 18.1 Å². The molecular weight excluding hydrogens is 392 g/mol. The van der Waals surface area contributed by atoms with Crippen molar-refractivity contribution < 1.29 is 12.8 Å². The van der Waals surface area contributed by atoms with Crippen molar-refractivity contribution in [2.45, 2.75) is 30.0 Å². The third-order valence-corrected chi connectivity index (χ3v) is 7.09. The fourth-order valence-corrected chi connectivity index (χ4v) is 5.44. The predicted octanol–water partition coefficient (Wildman–Crippen LogP) is 3.19. The average Bonchev–Trinajstić information content (AvgIpc) is 3.20. The Balaban J connectivity index is 1.69. The molecule has 3 rings (SSSR count). The SMILES string of the molecule is Cc1ncc(-c2ccc(C)c(S(=O)(=O)NCCSc3nnc(C)s3)c2)o1. The first-order valence-electron chi connectivity index (χ1n) is 7.81. The quantitative estimate of drug-likeness (QED) is 0.472. The second-order valence-electron chi connectivity index (χ2n) is 5.56. The van der Waals surface area contributed by atoms with Gasteiger partial charge in [0.2, 0.25) is 10.0 Å². The minimum Gasteiger partial charge on any atom is -0.441 e. The van der Waals surface area contributed by atoms with Crippen molar-refractivity contribution in [3.8, 4) is 11.3 Å². The zero-order valence-corrected chi connectivity index (χ0v) is 17.0. The molecule has 3 aromatic rings. The van der Waals surface area contributed by atoms with E-state index in [0.29, 0.717) is 35.1 Å². The fourth-order valence-electron chi connectivity index (χ4n) is 2.27. The van der Waals surface area contributed by atoms with Crippen LogP contribution >= 0.6 is 23.1 Å². The zero-order valence-electron chi connectivity index (χ0n) is 14.5. The van der Waals surface area contributed by atoms with E-state index in [2.05, 4.69) is 19.9 Å². The van der Waals surface area contributed by atoms with Gasteiger partial charge in [0.05, 0.1) is 11.1 Å². The van der Waals surface area contributed by atoms with Gasteiger partial charge in [-0.05, 0) is 25.5 Å². The van der Waals surface area contributed by atoms with Gasteiger partial charge in [0.15, 0.2) is 16.0 Å². The molecule has 0 atom stereocenters. The lowest BCUT2D eigenvalue weighted by atomic mass is 10.1. The number of thioether (sulfide) groups is 1. The maximum Gasteiger partial charge on any atom is 0.240 e. The van der Waals surface area contributed by atoms with Gasteiger partial charge in [-0.15, -0.1) is 10.2 Å². The molecule has 0 fully saturated rings. The molecule has 0 spiro atoms. The van der Waals surface area contributed by atoms with Crippen LogP contribution in [0.15, 0.2) is 38.0 Å². The van der Waals surface area contributed by atoms with Crippen molar-refractivity contribution in [3.05, 3.63) is 40.9 Å². The van der Waals surface area contributed by atoms with Gasteiger partial charge in [-0.1, -0.05) is 35.2 Å². The maximum atomic E-state index is 12.7. The monoisotopic (exact) mass is 410 g/mol. The third-order valence-electron chi connectivity index (χ3n) is 3.51. The van der Waals surface area contributed by atoms with E-state index in [4.69, 9.17) is 4.42 Å². The predicted molar refractivity (Wildman–Crippen MR) is 102 cm³/mol. The van der Waals surface area contributed by atoms with E-state index in [-0.39, 0.29) is 4.90 Å². The highest BCUT2D eigenvalue weighted by atomic mass is 32.2. The highest BCUT2D eigenvalue weighted by Crippen LogP contribution is 2.26. The number of nitrogens with zero attached hydrogens (tertiary/aromatic N) is 3. The Labute approximate surface area is 160 Å². The first kappa shape index (κ1) is 19.0. The second kappa shape index (κ2) is 7.87. The van der Waals surface area contributed by atoms with Gasteiger partial charge in [-0.3, -0.25) is 0 Å². The third kappa shape index (κ3) is 4.50. The lowest BCUT2D eigenvalue weighted by molar-refractivity contribution is 0.534. The minimum absolute atomic E-state index is 0.237. The van der Waals surface area contributed by atoms with Crippen molar-refractivity contribution in [1.29, 1.82) is 0 Å². The molecule has 0 aliphatic heterocycles. The number of benzene rings is 1. The largest absolute Gasteiger partial charge is 0.441 e. The minimum atomic E-state index is -3.62. The molecule has 0 radical (unpaired) electrons. The van der Waals surface area contributed by atoms with Gasteiger partial charge in [0, 0.05) is 24.8 Å². The molecule has 10 heteroatoms. The molecular formula is C16H18N4O3S3. The molecule has 2 heterocycles. The Morgan fingerprint density at radius 1 is 1.23 bits per heavy atom. The van der Waals surface area contributed by atoms with E-state index in [1.54, 1.807) is 32.2 Å². The van der Waals surface area contributed by atoms with Crippen LogP contribution in [0.5, 0.6) is 0 Å². The zero-order chi connectivity index (χ0) is 18.7. The number of oxazole rings is 1. The number of aromatic nitrogens is 3. The van der Waals surface area contributed by atoms with Gasteiger partial charge in [0.25, 0.3) is 0 Å². The normalized spacial score (nSPS) is 11.8. The summed E-state index contributed by atoms with van der Waals surface area (Å²) in [5, 5.41) is 8.84. The number of sulfonamides is 1. The smallest absolute Gasteiger partial charge is 0.240 e. The van der Waals surface area contributed by atoms with Crippen LogP contribution in [-0.4, -0.2) is 35.9 Å². The lowest BCUT2D eigenvalue weighted by Gasteiger charge is -2.10. The van der Waals surface area contributed by atoms with Crippen molar-refractivity contribution >= 4 is 33.1 Å². The standard InChI is InChI=1S/C16H18N4O3S3/c1-10-4-5-13(14-9-17-11(2)23-14)8-15(10)26(21,22)18-6-7-24-16-20-19-12(3)25-16/h4-5,8-9,18H,6-7H2,1-3H3. The van der Waals surface area contributed by atoms with Crippen LogP contribution in [0.1, 0.15) is 16.5 Å². The van der Waals surface area contributed by atoms with Crippen LogP contribution in [0.3, 0.4) is 0 Å². The lowest BCUT2D eigenvalue weighted by Crippen LogP contribution is -2.26. The summed E-state index contributed by atoms with van der Waals surface area (Å²) in [5.41, 5.74) is 1.35. The Bertz CT molecular complexity index is 1010. The number of hydrogen-bond acceptors (Lipinski definition) is 8. The van der Waals surface area contributed by atoms with Crippen molar-refractivity contribution in [1.82, 2.24) is 19.9 Å². The van der Waals surface area contributed by atoms with E-state index >= 15 is 0 Å². The summed E-state index contributed by atoms with van der Waals surface area (Å²) in [6, 6.07) is 5.20. The summed E-state index contributed by atoms with van der Waals surface area (Å²) in [7, 11) is -3.62. The molecule has 0 saturated heterocycles. The topological polar surface area (TPSA) is 98.0 Å². The molecule has 1 aromatic carbocycles. The van der Waals surface area contributed by atoms with Crippen molar-refractivity contribution in [2.24, 2.45) is 0 Å². The van der Waals surface area contributed by atoms with Crippen LogP contribution < -0.4 is 4.72 Å². The molecule has 7 nitrogen and oxygen atoms in total. The molecule has 0 aliphatic carbocycles. The van der Waals surface area contributed by atoms with E-state index in [0.717, 1.165) is 9.35 Å². The Hall–Kier alpha value is -1.75. The first-order chi connectivity index (χ1) is 12.3. The Kier molecular flexibility index (Phi) is 5.76. The second-order valence-corrected chi connectivity index (χ2v) is 9.82. The maximum absolute atomic E-state index is 12.7. The highest BCUT2D eigenvalue weighted by Gasteiger charge is 2.18. The number of rotatable bonds is 7. The van der Waals surface area contributed by atoms with Crippen LogP contribution in [0.4, 0.5) is 0 Å². The van der Waals surface area contributed by atoms with Gasteiger partial charge >= 0.3 is 0 Å². The van der Waals surface area contributed by atoms with Gasteiger partial charge in [0.1, 0.15) is 5.01 Å². The molecule has 138 valence electrons. The summed E-state index contributed by atoms with van der Waals surface area (Å²) in [4.78, 5) is 4.29. The van der Waals surface area contributed by atoms with Gasteiger partial charge in [-0.2, -0.15) is 0 Å². The fraction of sp³-hybridized carbons (Fsp3) is 0.312. The number of hydrogen-bond donors (Lipinski definition) is 1. The van der Waals surface area contributed by atoms with Crippen molar-refractivity contribution in [3.63, 3.8) is 0 Å². The Morgan fingerprint density at radius 3 is 2.69 bits per heavy atom. The average molecular weight is 411 g/mol. The number of nitrogens with one attached hydrogen (secondary N) is 1. The molecule has 0 aliphatic rings. The molecule has 0 unspecified atom stereocenters.